The molecule has 0 bridgehead atoms. The van der Waals surface area contributed by atoms with Gasteiger partial charge in [-0.3, -0.25) is 4.79 Å². The molecule has 1 unspecified atom stereocenters. The molecule has 0 aliphatic rings. The molecule has 2 aromatic carbocycles. The van der Waals surface area contributed by atoms with Crippen molar-refractivity contribution in [2.24, 2.45) is 0 Å². The summed E-state index contributed by atoms with van der Waals surface area (Å²) in [5, 5.41) is 11.8. The summed E-state index contributed by atoms with van der Waals surface area (Å²) in [6.07, 6.45) is 0.935. The number of hydrogen-bond acceptors (Lipinski definition) is 2. The van der Waals surface area contributed by atoms with E-state index in [4.69, 9.17) is 5.26 Å². The molecule has 1 N–H and O–H groups in total. The van der Waals surface area contributed by atoms with Crippen molar-refractivity contribution in [3.63, 3.8) is 0 Å². The Balaban J connectivity index is 2.27. The van der Waals surface area contributed by atoms with Gasteiger partial charge in [-0.25, -0.2) is 8.78 Å². The van der Waals surface area contributed by atoms with Crippen LogP contribution in [0.5, 0.6) is 0 Å². The zero-order chi connectivity index (χ0) is 17.7. The highest BCUT2D eigenvalue weighted by atomic mass is 19.1. The van der Waals surface area contributed by atoms with E-state index in [-0.39, 0.29) is 17.2 Å². The van der Waals surface area contributed by atoms with Crippen molar-refractivity contribution in [1.29, 1.82) is 5.26 Å². The van der Waals surface area contributed by atoms with Gasteiger partial charge in [0.15, 0.2) is 0 Å². The molecule has 2 rings (SSSR count). The van der Waals surface area contributed by atoms with Crippen molar-refractivity contribution in [2.45, 2.75) is 19.9 Å². The maximum Gasteiger partial charge on any atom is 0.262 e. The number of carbonyl (C=O) groups is 1. The van der Waals surface area contributed by atoms with E-state index in [0.717, 1.165) is 17.7 Å². The monoisotopic (exact) mass is 326 g/mol. The number of halogens is 2. The number of nitriles is 1. The van der Waals surface area contributed by atoms with Crippen molar-refractivity contribution in [2.75, 3.05) is 0 Å². The molecule has 0 aliphatic heterocycles. The van der Waals surface area contributed by atoms with Gasteiger partial charge in [-0.1, -0.05) is 36.4 Å². The Morgan fingerprint density at radius 1 is 1.21 bits per heavy atom. The number of nitrogens with zero attached hydrogens (tertiary/aromatic N) is 1. The largest absolute Gasteiger partial charge is 0.345 e. The van der Waals surface area contributed by atoms with E-state index in [9.17, 15) is 13.6 Å². The summed E-state index contributed by atoms with van der Waals surface area (Å²) in [6.45, 7) is 3.24. The molecule has 0 aromatic heterocycles. The van der Waals surface area contributed by atoms with Crippen LogP contribution in [0.25, 0.3) is 6.08 Å². The Morgan fingerprint density at radius 3 is 2.50 bits per heavy atom. The van der Waals surface area contributed by atoms with Crippen molar-refractivity contribution in [3.8, 4) is 6.07 Å². The molecule has 0 spiro atoms. The fraction of sp³-hybridized carbons (Fsp3) is 0.158. The lowest BCUT2D eigenvalue weighted by molar-refractivity contribution is -0.117. The van der Waals surface area contributed by atoms with Crippen LogP contribution in [0.15, 0.2) is 48.0 Å². The van der Waals surface area contributed by atoms with E-state index in [1.54, 1.807) is 13.0 Å². The van der Waals surface area contributed by atoms with Crippen molar-refractivity contribution in [3.05, 3.63) is 76.4 Å². The zero-order valence-corrected chi connectivity index (χ0v) is 13.3. The topological polar surface area (TPSA) is 52.9 Å². The number of nitrogens with one attached hydrogen (secondary N) is 1. The number of amides is 1. The molecule has 5 heteroatoms. The van der Waals surface area contributed by atoms with Crippen LogP contribution in [-0.4, -0.2) is 5.91 Å². The number of hydrogen-bond donors (Lipinski definition) is 1. The Kier molecular flexibility index (Phi) is 5.43. The lowest BCUT2D eigenvalue weighted by atomic mass is 10.1. The summed E-state index contributed by atoms with van der Waals surface area (Å²) in [6, 6.07) is 12.9. The summed E-state index contributed by atoms with van der Waals surface area (Å²) < 4.78 is 27.8. The molecular formula is C19H16F2N2O. The van der Waals surface area contributed by atoms with Crippen molar-refractivity contribution in [1.82, 2.24) is 5.32 Å². The SMILES string of the molecule is Cc1ccc(F)c(/C=C(\C#N)C(=O)NC(C)c2ccccc2)c1F. The van der Waals surface area contributed by atoms with Crippen molar-refractivity contribution < 1.29 is 13.6 Å². The van der Waals surface area contributed by atoms with Gasteiger partial charge in [0.05, 0.1) is 6.04 Å². The first-order chi connectivity index (χ1) is 11.4. The number of rotatable bonds is 4. The van der Waals surface area contributed by atoms with E-state index in [2.05, 4.69) is 5.32 Å². The third kappa shape index (κ3) is 3.85. The predicted octanol–water partition coefficient (Wildman–Crippen LogP) is 4.06. The number of aryl methyl sites for hydroxylation is 1. The van der Waals surface area contributed by atoms with Crippen LogP contribution in [-0.2, 0) is 4.79 Å². The zero-order valence-electron chi connectivity index (χ0n) is 13.3. The molecule has 24 heavy (non-hydrogen) atoms. The molecule has 1 amide bonds. The summed E-state index contributed by atoms with van der Waals surface area (Å²) in [5.74, 6) is -2.30. The first kappa shape index (κ1) is 17.4. The van der Waals surface area contributed by atoms with Crippen LogP contribution in [0.1, 0.15) is 29.7 Å². The van der Waals surface area contributed by atoms with E-state index < -0.39 is 23.1 Å². The molecule has 2 aromatic rings. The molecule has 0 radical (unpaired) electrons. The Hall–Kier alpha value is -3.00. The Labute approximate surface area is 139 Å². The van der Waals surface area contributed by atoms with Crippen LogP contribution in [0.4, 0.5) is 8.78 Å². The van der Waals surface area contributed by atoms with Gasteiger partial charge in [0.1, 0.15) is 23.3 Å². The average Bonchev–Trinajstić information content (AvgIpc) is 2.59. The lowest BCUT2D eigenvalue weighted by Gasteiger charge is -2.14. The van der Waals surface area contributed by atoms with Gasteiger partial charge in [-0.15, -0.1) is 0 Å². The second-order valence-corrected chi connectivity index (χ2v) is 5.37. The summed E-state index contributed by atoms with van der Waals surface area (Å²) >= 11 is 0. The molecular weight excluding hydrogens is 310 g/mol. The maximum absolute atomic E-state index is 14.0. The van der Waals surface area contributed by atoms with Crippen LogP contribution < -0.4 is 5.32 Å². The van der Waals surface area contributed by atoms with Crippen LogP contribution in [0.2, 0.25) is 0 Å². The maximum atomic E-state index is 14.0. The van der Waals surface area contributed by atoms with Gasteiger partial charge in [-0.2, -0.15) is 5.26 Å². The quantitative estimate of drug-likeness (QED) is 0.680. The van der Waals surface area contributed by atoms with E-state index in [1.807, 2.05) is 30.3 Å². The van der Waals surface area contributed by atoms with E-state index in [0.29, 0.717) is 0 Å². The van der Waals surface area contributed by atoms with Gasteiger partial charge in [0, 0.05) is 5.56 Å². The van der Waals surface area contributed by atoms with Gasteiger partial charge in [0.25, 0.3) is 5.91 Å². The van der Waals surface area contributed by atoms with Gasteiger partial charge >= 0.3 is 0 Å². The van der Waals surface area contributed by atoms with E-state index >= 15 is 0 Å². The predicted molar refractivity (Wildman–Crippen MR) is 87.7 cm³/mol. The highest BCUT2D eigenvalue weighted by molar-refractivity contribution is 6.01. The molecule has 3 nitrogen and oxygen atoms in total. The van der Waals surface area contributed by atoms with Crippen LogP contribution in [0, 0.1) is 29.9 Å². The summed E-state index contributed by atoms with van der Waals surface area (Å²) in [4.78, 5) is 12.2. The highest BCUT2D eigenvalue weighted by Gasteiger charge is 2.16. The van der Waals surface area contributed by atoms with Crippen LogP contribution >= 0.6 is 0 Å². The van der Waals surface area contributed by atoms with Crippen molar-refractivity contribution >= 4 is 12.0 Å². The minimum absolute atomic E-state index is 0.234. The normalized spacial score (nSPS) is 12.4. The average molecular weight is 326 g/mol. The molecule has 122 valence electrons. The van der Waals surface area contributed by atoms with Crippen LogP contribution in [0.3, 0.4) is 0 Å². The smallest absolute Gasteiger partial charge is 0.262 e. The fourth-order valence-corrected chi connectivity index (χ4v) is 2.20. The fourth-order valence-electron chi connectivity index (χ4n) is 2.20. The Morgan fingerprint density at radius 2 is 1.88 bits per heavy atom. The minimum atomic E-state index is -0.824. The lowest BCUT2D eigenvalue weighted by Crippen LogP contribution is -2.27. The van der Waals surface area contributed by atoms with Gasteiger partial charge in [-0.05, 0) is 37.1 Å². The minimum Gasteiger partial charge on any atom is -0.345 e. The van der Waals surface area contributed by atoms with Gasteiger partial charge < -0.3 is 5.32 Å². The standard InChI is InChI=1S/C19H16F2N2O/c1-12-8-9-17(20)16(18(12)21)10-15(11-22)19(24)23-13(2)14-6-4-3-5-7-14/h3-10,13H,1-2H3,(H,23,24)/b15-10+. The molecule has 0 fully saturated rings. The second-order valence-electron chi connectivity index (χ2n) is 5.37. The highest BCUT2D eigenvalue weighted by Crippen LogP contribution is 2.20. The number of benzene rings is 2. The van der Waals surface area contributed by atoms with E-state index in [1.165, 1.54) is 13.0 Å². The second kappa shape index (κ2) is 7.51. The number of carbonyl (C=O) groups excluding carboxylic acids is 1. The first-order valence-corrected chi connectivity index (χ1v) is 7.36. The third-order valence-corrected chi connectivity index (χ3v) is 3.62. The first-order valence-electron chi connectivity index (χ1n) is 7.36. The molecule has 0 aliphatic carbocycles. The molecule has 0 heterocycles. The summed E-state index contributed by atoms with van der Waals surface area (Å²) in [5.41, 5.74) is 0.337. The molecule has 0 saturated heterocycles. The van der Waals surface area contributed by atoms with Gasteiger partial charge in [0.2, 0.25) is 0 Å². The third-order valence-electron chi connectivity index (χ3n) is 3.62. The summed E-state index contributed by atoms with van der Waals surface area (Å²) in [7, 11) is 0. The molecule has 0 saturated carbocycles. The molecule has 1 atom stereocenters. The Bertz CT molecular complexity index is 823.